The highest BCUT2D eigenvalue weighted by molar-refractivity contribution is 6.39. The highest BCUT2D eigenvalue weighted by Crippen LogP contribution is 2.34. The van der Waals surface area contributed by atoms with E-state index in [2.05, 4.69) is 21.8 Å². The fourth-order valence-electron chi connectivity index (χ4n) is 3.37. The van der Waals surface area contributed by atoms with E-state index >= 15 is 0 Å². The fourth-order valence-corrected chi connectivity index (χ4v) is 3.37. The van der Waals surface area contributed by atoms with Crippen LogP contribution in [0, 0.1) is 5.82 Å². The zero-order valence-electron chi connectivity index (χ0n) is 13.5. The molecule has 0 bridgehead atoms. The van der Waals surface area contributed by atoms with Crippen LogP contribution in [0.1, 0.15) is 31.5 Å². The van der Waals surface area contributed by atoms with E-state index in [9.17, 15) is 9.18 Å². The van der Waals surface area contributed by atoms with Crippen LogP contribution in [0.5, 0.6) is 0 Å². The van der Waals surface area contributed by atoms with Gasteiger partial charge < -0.3 is 9.88 Å². The Morgan fingerprint density at radius 1 is 1.50 bits per heavy atom. The molecule has 0 aliphatic carbocycles. The van der Waals surface area contributed by atoms with Gasteiger partial charge in [0.1, 0.15) is 26.9 Å². The van der Waals surface area contributed by atoms with Gasteiger partial charge in [0.2, 0.25) is 0 Å². The Morgan fingerprint density at radius 2 is 2.23 bits per heavy atom. The van der Waals surface area contributed by atoms with Gasteiger partial charge in [0.15, 0.2) is 5.82 Å². The van der Waals surface area contributed by atoms with Crippen LogP contribution < -0.4 is 5.56 Å². The molecule has 0 radical (unpaired) electrons. The summed E-state index contributed by atoms with van der Waals surface area (Å²) in [4.78, 5) is 21.2. The topological polar surface area (TPSA) is 49.0 Å². The van der Waals surface area contributed by atoms with Crippen molar-refractivity contribution in [3.05, 3.63) is 39.6 Å². The number of hydrogen-bond donors (Lipinski definition) is 1. The van der Waals surface area contributed by atoms with Crippen molar-refractivity contribution in [2.45, 2.75) is 38.1 Å². The van der Waals surface area contributed by atoms with Crippen molar-refractivity contribution in [3.8, 4) is 0 Å². The zero-order chi connectivity index (χ0) is 16.1. The summed E-state index contributed by atoms with van der Waals surface area (Å²) in [6.07, 6.45) is 1.67. The first-order chi connectivity index (χ1) is 10.4. The van der Waals surface area contributed by atoms with Gasteiger partial charge in [-0.25, -0.2) is 9.37 Å². The highest BCUT2D eigenvalue weighted by atomic mass is 19.1. The molecule has 2 aromatic rings. The molecule has 1 aliphatic rings. The van der Waals surface area contributed by atoms with Crippen LogP contribution in [-0.2, 0) is 11.8 Å². The molecule has 1 saturated heterocycles. The molecule has 1 aromatic carbocycles. The van der Waals surface area contributed by atoms with Crippen LogP contribution in [-0.4, -0.2) is 43.1 Å². The number of rotatable bonds is 3. The van der Waals surface area contributed by atoms with Gasteiger partial charge in [-0.3, -0.25) is 4.79 Å². The van der Waals surface area contributed by atoms with Crippen LogP contribution >= 0.6 is 0 Å². The molecule has 1 aromatic heterocycles. The molecule has 0 unspecified atom stereocenters. The Kier molecular flexibility index (Phi) is 3.63. The average molecular weight is 299 g/mol. The minimum atomic E-state index is -0.406. The lowest BCUT2D eigenvalue weighted by Gasteiger charge is -2.50. The van der Waals surface area contributed by atoms with Crippen LogP contribution in [0.2, 0.25) is 0 Å². The van der Waals surface area contributed by atoms with E-state index in [-0.39, 0.29) is 16.9 Å². The molecule has 1 N–H and O–H groups in total. The average Bonchev–Trinajstić information content (AvgIpc) is 2.45. The van der Waals surface area contributed by atoms with Gasteiger partial charge >= 0.3 is 0 Å². The summed E-state index contributed by atoms with van der Waals surface area (Å²) >= 11 is 0. The van der Waals surface area contributed by atoms with Crippen LogP contribution in [0.3, 0.4) is 0 Å². The lowest BCUT2D eigenvalue weighted by molar-refractivity contribution is 0.0655. The number of benzene rings is 1. The molecule has 4 nitrogen and oxygen atoms in total. The molecule has 0 amide bonds. The molecule has 3 rings (SSSR count). The molecular formula is C15H20B2FN3O. The predicted molar refractivity (Wildman–Crippen MR) is 91.3 cm³/mol. The Balaban J connectivity index is 2.16. The van der Waals surface area contributed by atoms with Gasteiger partial charge in [-0.05, 0) is 43.3 Å². The number of fused-ring (bicyclic) bond motifs is 1. The van der Waals surface area contributed by atoms with Gasteiger partial charge in [-0.1, -0.05) is 13.0 Å². The standard InChI is InChI=1S/C15H20B2FN3O/c1-3-10-14(22)20-13-11(19-10)5-4-9(12(13)18)15(16,17)21-7-6-8(21)2/h4-5,8H,3,6-7,16-17H2,1-2H3,(H,20,22)/t8-/m1/s1. The maximum Gasteiger partial charge on any atom is 0.270 e. The number of hydrogen-bond acceptors (Lipinski definition) is 3. The second-order valence-corrected chi connectivity index (χ2v) is 6.58. The second-order valence-electron chi connectivity index (χ2n) is 6.58. The van der Waals surface area contributed by atoms with Crippen molar-refractivity contribution in [1.82, 2.24) is 14.9 Å². The molecule has 114 valence electrons. The normalized spacial score (nSPS) is 19.3. The smallest absolute Gasteiger partial charge is 0.270 e. The molecule has 7 heteroatoms. The molecule has 1 aliphatic heterocycles. The number of aromatic amines is 1. The van der Waals surface area contributed by atoms with Gasteiger partial charge in [0, 0.05) is 6.04 Å². The van der Waals surface area contributed by atoms with Crippen molar-refractivity contribution in [1.29, 1.82) is 0 Å². The number of halogens is 1. The maximum absolute atomic E-state index is 15.0. The molecule has 1 fully saturated rings. The minimum absolute atomic E-state index is 0.209. The summed E-state index contributed by atoms with van der Waals surface area (Å²) in [6.45, 7) is 4.98. The first-order valence-corrected chi connectivity index (χ1v) is 7.85. The fraction of sp³-hybridized carbons (Fsp3) is 0.467. The van der Waals surface area contributed by atoms with E-state index in [0.29, 0.717) is 29.2 Å². The third kappa shape index (κ3) is 2.19. The Morgan fingerprint density at radius 3 is 2.77 bits per heavy atom. The number of aryl methyl sites for hydroxylation is 1. The first kappa shape index (κ1) is 15.3. The van der Waals surface area contributed by atoms with E-state index < -0.39 is 5.34 Å². The summed E-state index contributed by atoms with van der Waals surface area (Å²) in [5, 5.41) is -0.406. The Labute approximate surface area is 130 Å². The van der Waals surface area contributed by atoms with E-state index in [1.807, 2.05) is 22.6 Å². The van der Waals surface area contributed by atoms with Crippen LogP contribution in [0.4, 0.5) is 4.39 Å². The van der Waals surface area contributed by atoms with Crippen molar-refractivity contribution >= 4 is 26.7 Å². The van der Waals surface area contributed by atoms with Gasteiger partial charge in [-0.2, -0.15) is 0 Å². The largest absolute Gasteiger partial charge is 0.317 e. The summed E-state index contributed by atoms with van der Waals surface area (Å²) in [6, 6.07) is 4.05. The SMILES string of the molecule is BC(B)(c1ccc2nc(CC)c(=O)[nH]c2c1F)N1CC[C@H]1C. The van der Waals surface area contributed by atoms with E-state index in [1.54, 1.807) is 12.1 Å². The molecular weight excluding hydrogens is 279 g/mol. The van der Waals surface area contributed by atoms with Gasteiger partial charge in [0.05, 0.1) is 5.52 Å². The van der Waals surface area contributed by atoms with Gasteiger partial charge in [-0.15, -0.1) is 0 Å². The van der Waals surface area contributed by atoms with Crippen molar-refractivity contribution in [2.75, 3.05) is 6.54 Å². The lowest BCUT2D eigenvalue weighted by Crippen LogP contribution is -2.59. The van der Waals surface area contributed by atoms with Crippen LogP contribution in [0.25, 0.3) is 11.0 Å². The van der Waals surface area contributed by atoms with Crippen molar-refractivity contribution < 1.29 is 4.39 Å². The third-order valence-corrected chi connectivity index (χ3v) is 4.91. The van der Waals surface area contributed by atoms with E-state index in [4.69, 9.17) is 0 Å². The number of H-pyrrole nitrogens is 1. The quantitative estimate of drug-likeness (QED) is 0.818. The summed E-state index contributed by atoms with van der Waals surface area (Å²) in [5.74, 6) is -0.367. The van der Waals surface area contributed by atoms with E-state index in [1.165, 1.54) is 0 Å². The molecule has 2 heterocycles. The van der Waals surface area contributed by atoms with Crippen molar-refractivity contribution in [3.63, 3.8) is 0 Å². The first-order valence-electron chi connectivity index (χ1n) is 7.85. The number of aromatic nitrogens is 2. The van der Waals surface area contributed by atoms with Crippen molar-refractivity contribution in [2.24, 2.45) is 0 Å². The number of likely N-dealkylation sites (tertiary alicyclic amines) is 1. The van der Waals surface area contributed by atoms with E-state index in [0.717, 1.165) is 13.0 Å². The maximum atomic E-state index is 15.0. The summed E-state index contributed by atoms with van der Waals surface area (Å²) in [7, 11) is 4.05. The Bertz CT molecular complexity index is 790. The minimum Gasteiger partial charge on any atom is -0.317 e. The Hall–Kier alpha value is -1.62. The second kappa shape index (κ2) is 5.23. The van der Waals surface area contributed by atoms with Gasteiger partial charge in [0.25, 0.3) is 5.56 Å². The summed E-state index contributed by atoms with van der Waals surface area (Å²) < 4.78 is 15.0. The molecule has 1 atom stereocenters. The van der Waals surface area contributed by atoms with Crippen LogP contribution in [0.15, 0.2) is 16.9 Å². The molecule has 22 heavy (non-hydrogen) atoms. The molecule has 0 saturated carbocycles. The third-order valence-electron chi connectivity index (χ3n) is 4.91. The lowest BCUT2D eigenvalue weighted by atomic mass is 9.55. The summed E-state index contributed by atoms with van der Waals surface area (Å²) in [5.41, 5.74) is 1.45. The number of nitrogens with zero attached hydrogens (tertiary/aromatic N) is 2. The highest BCUT2D eigenvalue weighted by Gasteiger charge is 2.39. The monoisotopic (exact) mass is 299 g/mol. The molecule has 0 spiro atoms. The predicted octanol–water partition coefficient (Wildman–Crippen LogP) is 0.0953. The number of nitrogens with one attached hydrogen (secondary N) is 1. The zero-order valence-corrected chi connectivity index (χ0v) is 13.5.